The van der Waals surface area contributed by atoms with Gasteiger partial charge in [-0.05, 0) is 65.2 Å². The first kappa shape index (κ1) is 21.2. The van der Waals surface area contributed by atoms with Gasteiger partial charge in [0.15, 0.2) is 0 Å². The monoisotopic (exact) mass is 429 g/mol. The van der Waals surface area contributed by atoms with Crippen molar-refractivity contribution in [3.05, 3.63) is 41.1 Å². The van der Waals surface area contributed by atoms with Gasteiger partial charge in [-0.2, -0.15) is 5.10 Å². The number of benzene rings is 1. The second kappa shape index (κ2) is 8.27. The predicted molar refractivity (Wildman–Crippen MR) is 120 cm³/mol. The zero-order valence-corrected chi connectivity index (χ0v) is 19.2. The van der Waals surface area contributed by atoms with Gasteiger partial charge in [0.2, 0.25) is 5.91 Å². The van der Waals surface area contributed by atoms with Crippen LogP contribution in [0.25, 0.3) is 0 Å². The first-order chi connectivity index (χ1) is 14.2. The third-order valence-corrected chi connectivity index (χ3v) is 6.87. The van der Waals surface area contributed by atoms with Gasteiger partial charge in [-0.25, -0.2) is 4.68 Å². The number of nitrogens with one attached hydrogen (secondary N) is 1. The summed E-state index contributed by atoms with van der Waals surface area (Å²) >= 11 is 1.65. The molecule has 3 heterocycles. The number of aromatic nitrogens is 2. The fraction of sp³-hybridized carbons (Fsp3) is 0.565. The minimum atomic E-state index is -0.190. The third-order valence-electron chi connectivity index (χ3n) is 5.60. The van der Waals surface area contributed by atoms with Crippen molar-refractivity contribution < 1.29 is 14.3 Å². The Morgan fingerprint density at radius 1 is 1.30 bits per heavy atom. The van der Waals surface area contributed by atoms with Gasteiger partial charge >= 0.3 is 0 Å². The Kier molecular flexibility index (Phi) is 5.86. The molecule has 0 saturated carbocycles. The largest absolute Gasteiger partial charge is 0.491 e. The molecule has 0 radical (unpaired) electrons. The van der Waals surface area contributed by atoms with Crippen molar-refractivity contribution in [2.45, 2.75) is 70.5 Å². The number of fused-ring (bicyclic) bond motifs is 1. The molecule has 0 unspecified atom stereocenters. The van der Waals surface area contributed by atoms with Crippen LogP contribution in [0.2, 0.25) is 0 Å². The minimum Gasteiger partial charge on any atom is -0.491 e. The molecule has 1 N–H and O–H groups in total. The number of thioether (sulfide) groups is 1. The molecule has 7 heteroatoms. The summed E-state index contributed by atoms with van der Waals surface area (Å²) in [7, 11) is 0. The van der Waals surface area contributed by atoms with Gasteiger partial charge in [0.1, 0.15) is 11.6 Å². The summed E-state index contributed by atoms with van der Waals surface area (Å²) in [5.41, 5.74) is 3.04. The maximum atomic E-state index is 12.6. The molecule has 6 nitrogen and oxygen atoms in total. The lowest BCUT2D eigenvalue weighted by molar-refractivity contribution is -0.113. The highest BCUT2D eigenvalue weighted by Gasteiger charge is 2.36. The van der Waals surface area contributed by atoms with Crippen LogP contribution in [0.15, 0.2) is 24.3 Å². The van der Waals surface area contributed by atoms with E-state index in [1.54, 1.807) is 11.8 Å². The lowest BCUT2D eigenvalue weighted by Crippen LogP contribution is -2.36. The number of aryl methyl sites for hydroxylation is 1. The van der Waals surface area contributed by atoms with E-state index in [9.17, 15) is 4.79 Å². The van der Waals surface area contributed by atoms with Crippen LogP contribution in [0.3, 0.4) is 0 Å². The molecule has 1 amide bonds. The number of carbonyl (C=O) groups is 1. The van der Waals surface area contributed by atoms with Gasteiger partial charge in [-0.15, -0.1) is 11.8 Å². The SMILES string of the molecule is Cc1nn([C@H]2CCOC(C)(C)C2)c2c1[C@H](c1ccc(OC(C)C)cc1)SCC(=O)N2. The standard InChI is InChI=1S/C23H31N3O3S/c1-14(2)29-18-8-6-16(7-9-18)21-20-15(3)25-26(22(20)24-19(27)13-30-21)17-10-11-28-23(4,5)12-17/h6-9,14,17,21H,10-13H2,1-5H3,(H,24,27)/t17-,21-/m0/s1. The topological polar surface area (TPSA) is 65.4 Å². The number of rotatable bonds is 4. The molecule has 0 spiro atoms. The lowest BCUT2D eigenvalue weighted by atomic mass is 9.94. The van der Waals surface area contributed by atoms with Gasteiger partial charge in [-0.1, -0.05) is 12.1 Å². The van der Waals surface area contributed by atoms with E-state index in [2.05, 4.69) is 31.3 Å². The summed E-state index contributed by atoms with van der Waals surface area (Å²) < 4.78 is 13.7. The Bertz CT molecular complexity index is 921. The minimum absolute atomic E-state index is 0.0241. The van der Waals surface area contributed by atoms with Crippen LogP contribution < -0.4 is 10.1 Å². The van der Waals surface area contributed by atoms with Gasteiger partial charge in [0.05, 0.1) is 34.4 Å². The maximum Gasteiger partial charge on any atom is 0.235 e. The van der Waals surface area contributed by atoms with Gasteiger partial charge in [-0.3, -0.25) is 4.79 Å². The van der Waals surface area contributed by atoms with Crippen LogP contribution in [0.1, 0.15) is 68.6 Å². The number of anilines is 1. The summed E-state index contributed by atoms with van der Waals surface area (Å²) in [6, 6.07) is 8.43. The number of hydrogen-bond donors (Lipinski definition) is 1. The number of ether oxygens (including phenoxy) is 2. The highest BCUT2D eigenvalue weighted by Crippen LogP contribution is 2.45. The third kappa shape index (κ3) is 4.37. The van der Waals surface area contributed by atoms with Crippen molar-refractivity contribution in [1.29, 1.82) is 0 Å². The van der Waals surface area contributed by atoms with Crippen molar-refractivity contribution in [1.82, 2.24) is 9.78 Å². The first-order valence-corrected chi connectivity index (χ1v) is 11.7. The Hall–Kier alpha value is -1.99. The number of amides is 1. The molecule has 4 rings (SSSR count). The Balaban J connectivity index is 1.71. The Morgan fingerprint density at radius 2 is 2.03 bits per heavy atom. The quantitative estimate of drug-likeness (QED) is 0.750. The first-order valence-electron chi connectivity index (χ1n) is 10.6. The molecular formula is C23H31N3O3S. The number of hydrogen-bond acceptors (Lipinski definition) is 5. The van der Waals surface area contributed by atoms with Crippen molar-refractivity contribution in [2.24, 2.45) is 0 Å². The van der Waals surface area contributed by atoms with E-state index in [4.69, 9.17) is 14.6 Å². The van der Waals surface area contributed by atoms with E-state index >= 15 is 0 Å². The number of nitrogens with zero attached hydrogens (tertiary/aromatic N) is 2. The zero-order valence-electron chi connectivity index (χ0n) is 18.4. The zero-order chi connectivity index (χ0) is 21.5. The van der Waals surface area contributed by atoms with Crippen LogP contribution in [-0.2, 0) is 9.53 Å². The summed E-state index contributed by atoms with van der Waals surface area (Å²) in [6.07, 6.45) is 1.90. The summed E-state index contributed by atoms with van der Waals surface area (Å²) in [5, 5.41) is 8.10. The van der Waals surface area contributed by atoms with E-state index in [1.165, 1.54) is 0 Å². The lowest BCUT2D eigenvalue weighted by Gasteiger charge is -2.36. The average molecular weight is 430 g/mol. The van der Waals surface area contributed by atoms with Crippen molar-refractivity contribution >= 4 is 23.5 Å². The molecule has 1 aromatic heterocycles. The van der Waals surface area contributed by atoms with Gasteiger partial charge < -0.3 is 14.8 Å². The van der Waals surface area contributed by atoms with Gasteiger partial charge in [0, 0.05) is 12.2 Å². The molecular weight excluding hydrogens is 398 g/mol. The molecule has 0 aliphatic carbocycles. The van der Waals surface area contributed by atoms with Gasteiger partial charge in [0.25, 0.3) is 0 Å². The predicted octanol–water partition coefficient (Wildman–Crippen LogP) is 4.88. The highest BCUT2D eigenvalue weighted by molar-refractivity contribution is 8.00. The van der Waals surface area contributed by atoms with E-state index in [0.29, 0.717) is 12.4 Å². The smallest absolute Gasteiger partial charge is 0.235 e. The second-order valence-corrected chi connectivity index (χ2v) is 10.1. The number of carbonyl (C=O) groups excluding carboxylic acids is 1. The second-order valence-electron chi connectivity index (χ2n) is 9.02. The van der Waals surface area contributed by atoms with Crippen LogP contribution in [0, 0.1) is 6.92 Å². The van der Waals surface area contributed by atoms with Crippen molar-refractivity contribution in [3.63, 3.8) is 0 Å². The Labute approximate surface area is 182 Å². The molecule has 2 atom stereocenters. The summed E-state index contributed by atoms with van der Waals surface area (Å²) in [6.45, 7) is 11.0. The van der Waals surface area contributed by atoms with Crippen LogP contribution >= 0.6 is 11.8 Å². The van der Waals surface area contributed by atoms with E-state index in [1.807, 2.05) is 37.6 Å². The van der Waals surface area contributed by atoms with E-state index in [0.717, 1.165) is 41.2 Å². The molecule has 0 bridgehead atoms. The summed E-state index contributed by atoms with van der Waals surface area (Å²) in [4.78, 5) is 12.6. The molecule has 2 aliphatic heterocycles. The van der Waals surface area contributed by atoms with Crippen LogP contribution in [0.5, 0.6) is 5.75 Å². The van der Waals surface area contributed by atoms with Crippen LogP contribution in [0.4, 0.5) is 5.82 Å². The molecule has 1 aromatic carbocycles. The maximum absolute atomic E-state index is 12.6. The molecule has 1 fully saturated rings. The Morgan fingerprint density at radius 3 is 2.70 bits per heavy atom. The molecule has 162 valence electrons. The molecule has 2 aliphatic rings. The normalized spacial score (nSPS) is 23.6. The van der Waals surface area contributed by atoms with E-state index < -0.39 is 0 Å². The fourth-order valence-corrected chi connectivity index (χ4v) is 5.53. The van der Waals surface area contributed by atoms with Crippen LogP contribution in [-0.4, -0.2) is 39.8 Å². The summed E-state index contributed by atoms with van der Waals surface area (Å²) in [5.74, 6) is 2.15. The fourth-order valence-electron chi connectivity index (χ4n) is 4.34. The van der Waals surface area contributed by atoms with Crippen molar-refractivity contribution in [3.8, 4) is 5.75 Å². The molecule has 1 saturated heterocycles. The average Bonchev–Trinajstić information content (AvgIpc) is 2.87. The molecule has 2 aromatic rings. The van der Waals surface area contributed by atoms with E-state index in [-0.39, 0.29) is 28.9 Å². The highest BCUT2D eigenvalue weighted by atomic mass is 32.2. The molecule has 30 heavy (non-hydrogen) atoms. The van der Waals surface area contributed by atoms with Crippen molar-refractivity contribution in [2.75, 3.05) is 17.7 Å².